The van der Waals surface area contributed by atoms with Crippen molar-refractivity contribution in [3.05, 3.63) is 12.2 Å². The molecule has 0 radical (unpaired) electrons. The van der Waals surface area contributed by atoms with Gasteiger partial charge in [0.15, 0.2) is 0 Å². The number of allylic oxidation sites excluding steroid dienone is 2. The van der Waals surface area contributed by atoms with Gasteiger partial charge in [-0.1, -0.05) is 296 Å². The van der Waals surface area contributed by atoms with Gasteiger partial charge in [-0.2, -0.15) is 0 Å². The van der Waals surface area contributed by atoms with Gasteiger partial charge in [-0.05, 0) is 38.5 Å². The van der Waals surface area contributed by atoms with E-state index in [1.54, 1.807) is 0 Å². The summed E-state index contributed by atoms with van der Waals surface area (Å²) >= 11 is 0. The van der Waals surface area contributed by atoms with Gasteiger partial charge >= 0.3 is 0 Å². The summed E-state index contributed by atoms with van der Waals surface area (Å²) in [5, 5.41) is 43.8. The van der Waals surface area contributed by atoms with Crippen LogP contribution in [0, 0.1) is 0 Å². The first kappa shape index (κ1) is 63.0. The lowest BCUT2D eigenvalue weighted by Gasteiger charge is -2.27. The number of amides is 1. The molecule has 0 spiro atoms. The number of hydrogen-bond donors (Lipinski definition) is 5. The SMILES string of the molecule is CCCCCCCCC/C=C/CCCC(O)C(O)C(CO)NC(=O)C(O)CCCCCCCCCCCCCCCCCCCCCCCCCCCCCCCCCCCCCC. The molecule has 4 atom stereocenters. The van der Waals surface area contributed by atoms with E-state index in [1.807, 2.05) is 0 Å². The molecule has 0 bridgehead atoms. The molecule has 6 nitrogen and oxygen atoms in total. The van der Waals surface area contributed by atoms with E-state index in [-0.39, 0.29) is 0 Å². The van der Waals surface area contributed by atoms with Crippen LogP contribution in [0.2, 0.25) is 0 Å². The predicted molar refractivity (Wildman–Crippen MR) is 279 cm³/mol. The number of nitrogens with one attached hydrogen (secondary N) is 1. The minimum atomic E-state index is -1.28. The molecule has 0 heterocycles. The average Bonchev–Trinajstić information content (AvgIpc) is 3.30. The summed E-state index contributed by atoms with van der Waals surface area (Å²) in [6, 6.07) is -0.997. The van der Waals surface area contributed by atoms with Crippen LogP contribution in [0.3, 0.4) is 0 Å². The van der Waals surface area contributed by atoms with Crippen molar-refractivity contribution in [2.24, 2.45) is 0 Å². The van der Waals surface area contributed by atoms with E-state index in [1.165, 1.54) is 257 Å². The van der Waals surface area contributed by atoms with Gasteiger partial charge < -0.3 is 25.7 Å². The Morgan fingerprint density at radius 1 is 0.375 bits per heavy atom. The number of rotatable bonds is 54. The van der Waals surface area contributed by atoms with Crippen LogP contribution in [0.25, 0.3) is 0 Å². The summed E-state index contributed by atoms with van der Waals surface area (Å²) in [6.45, 7) is 4.05. The molecule has 0 saturated carbocycles. The molecule has 382 valence electrons. The second-order valence-electron chi connectivity index (χ2n) is 20.3. The lowest BCUT2D eigenvalue weighted by atomic mass is 10.00. The number of aliphatic hydroxyl groups is 4. The Bertz CT molecular complexity index is 928. The fraction of sp³-hybridized carbons (Fsp3) is 0.948. The number of aliphatic hydroxyl groups excluding tert-OH is 4. The molecular formula is C58H115NO5. The topological polar surface area (TPSA) is 110 Å². The molecule has 6 heteroatoms. The molecule has 0 rings (SSSR count). The van der Waals surface area contributed by atoms with Crippen molar-refractivity contribution in [2.75, 3.05) is 6.61 Å². The largest absolute Gasteiger partial charge is 0.394 e. The lowest BCUT2D eigenvalue weighted by Crippen LogP contribution is -2.53. The summed E-state index contributed by atoms with van der Waals surface area (Å²) in [5.74, 6) is -0.588. The minimum absolute atomic E-state index is 0.369. The fourth-order valence-corrected chi connectivity index (χ4v) is 9.41. The molecule has 0 fully saturated rings. The maximum absolute atomic E-state index is 12.6. The highest BCUT2D eigenvalue weighted by atomic mass is 16.3. The predicted octanol–water partition coefficient (Wildman–Crippen LogP) is 16.9. The normalized spacial score (nSPS) is 13.8. The van der Waals surface area contributed by atoms with Crippen molar-refractivity contribution in [3.63, 3.8) is 0 Å². The van der Waals surface area contributed by atoms with Crippen LogP contribution in [0.5, 0.6) is 0 Å². The molecule has 64 heavy (non-hydrogen) atoms. The summed E-state index contributed by atoms with van der Waals surface area (Å²) in [6.07, 6.45) is 63.2. The Balaban J connectivity index is 3.48. The van der Waals surface area contributed by atoms with Gasteiger partial charge in [0.05, 0.1) is 18.8 Å². The number of hydrogen-bond acceptors (Lipinski definition) is 5. The molecule has 4 unspecified atom stereocenters. The van der Waals surface area contributed by atoms with Crippen molar-refractivity contribution in [1.29, 1.82) is 0 Å². The minimum Gasteiger partial charge on any atom is -0.394 e. The van der Waals surface area contributed by atoms with Crippen LogP contribution in [0.1, 0.15) is 322 Å². The van der Waals surface area contributed by atoms with Gasteiger partial charge in [-0.3, -0.25) is 4.79 Å². The number of carbonyl (C=O) groups is 1. The van der Waals surface area contributed by atoms with Crippen LogP contribution >= 0.6 is 0 Å². The smallest absolute Gasteiger partial charge is 0.249 e. The first-order valence-corrected chi connectivity index (χ1v) is 29.1. The van der Waals surface area contributed by atoms with E-state index in [0.29, 0.717) is 12.8 Å². The van der Waals surface area contributed by atoms with Crippen LogP contribution in [-0.4, -0.2) is 57.3 Å². The van der Waals surface area contributed by atoms with Gasteiger partial charge in [-0.25, -0.2) is 0 Å². The van der Waals surface area contributed by atoms with Gasteiger partial charge in [0.25, 0.3) is 0 Å². The molecule has 0 aliphatic heterocycles. The highest BCUT2D eigenvalue weighted by molar-refractivity contribution is 5.80. The highest BCUT2D eigenvalue weighted by Crippen LogP contribution is 2.18. The average molecular weight is 907 g/mol. The van der Waals surface area contributed by atoms with E-state index in [0.717, 1.165) is 38.5 Å². The molecule has 0 aromatic heterocycles. The Kier molecular flexibility index (Phi) is 52.2. The Morgan fingerprint density at radius 2 is 0.641 bits per heavy atom. The van der Waals surface area contributed by atoms with Crippen molar-refractivity contribution in [3.8, 4) is 0 Å². The Hall–Kier alpha value is -0.950. The molecule has 5 N–H and O–H groups in total. The number of unbranched alkanes of at least 4 members (excludes halogenated alkanes) is 43. The van der Waals surface area contributed by atoms with E-state index < -0.39 is 36.9 Å². The van der Waals surface area contributed by atoms with E-state index in [2.05, 4.69) is 31.3 Å². The molecular weight excluding hydrogens is 791 g/mol. The van der Waals surface area contributed by atoms with E-state index >= 15 is 0 Å². The van der Waals surface area contributed by atoms with E-state index in [4.69, 9.17) is 0 Å². The van der Waals surface area contributed by atoms with Crippen molar-refractivity contribution in [2.45, 2.75) is 346 Å². The third-order valence-corrected chi connectivity index (χ3v) is 14.0. The maximum atomic E-state index is 12.6. The summed E-state index contributed by atoms with van der Waals surface area (Å²) in [7, 11) is 0. The van der Waals surface area contributed by atoms with Crippen LogP contribution in [-0.2, 0) is 4.79 Å². The van der Waals surface area contributed by atoms with E-state index in [9.17, 15) is 25.2 Å². The lowest BCUT2D eigenvalue weighted by molar-refractivity contribution is -0.132. The van der Waals surface area contributed by atoms with Crippen molar-refractivity contribution < 1.29 is 25.2 Å². The Morgan fingerprint density at radius 3 is 0.938 bits per heavy atom. The quantitative estimate of drug-likeness (QED) is 0.0308. The van der Waals surface area contributed by atoms with Crippen molar-refractivity contribution >= 4 is 5.91 Å². The van der Waals surface area contributed by atoms with Crippen LogP contribution < -0.4 is 5.32 Å². The zero-order chi connectivity index (χ0) is 46.7. The van der Waals surface area contributed by atoms with Gasteiger partial charge in [-0.15, -0.1) is 0 Å². The third kappa shape index (κ3) is 46.2. The van der Waals surface area contributed by atoms with Crippen LogP contribution in [0.15, 0.2) is 12.2 Å². The third-order valence-electron chi connectivity index (χ3n) is 14.0. The molecule has 0 aromatic carbocycles. The highest BCUT2D eigenvalue weighted by Gasteiger charge is 2.28. The van der Waals surface area contributed by atoms with Crippen molar-refractivity contribution in [1.82, 2.24) is 5.32 Å². The summed E-state index contributed by atoms with van der Waals surface area (Å²) < 4.78 is 0. The van der Waals surface area contributed by atoms with Crippen LogP contribution in [0.4, 0.5) is 0 Å². The first-order valence-electron chi connectivity index (χ1n) is 29.1. The van der Waals surface area contributed by atoms with Gasteiger partial charge in [0.2, 0.25) is 5.91 Å². The second kappa shape index (κ2) is 53.0. The second-order valence-corrected chi connectivity index (χ2v) is 20.3. The first-order chi connectivity index (χ1) is 31.5. The summed E-state index contributed by atoms with van der Waals surface area (Å²) in [5.41, 5.74) is 0. The monoisotopic (exact) mass is 906 g/mol. The van der Waals surface area contributed by atoms with Gasteiger partial charge in [0, 0.05) is 0 Å². The molecule has 0 aliphatic rings. The Labute approximate surface area is 400 Å². The maximum Gasteiger partial charge on any atom is 0.249 e. The standard InChI is InChI=1S/C58H115NO5/c1-3-5-7-9-11-13-15-17-18-19-20-21-22-23-24-25-26-27-28-29-30-31-32-33-34-35-36-37-38-39-40-42-44-46-48-50-52-56(62)58(64)59-54(53-60)57(63)55(61)51-49-47-45-43-41-16-14-12-10-8-6-4-2/h43,45,54-57,60-63H,3-42,44,46-53H2,1-2H3,(H,59,64)/b45-43+. The molecule has 0 saturated heterocycles. The summed E-state index contributed by atoms with van der Waals surface area (Å²) in [4.78, 5) is 12.6. The van der Waals surface area contributed by atoms with Gasteiger partial charge in [0.1, 0.15) is 12.2 Å². The fourth-order valence-electron chi connectivity index (χ4n) is 9.41. The molecule has 1 amide bonds. The zero-order valence-electron chi connectivity index (χ0n) is 43.3. The molecule has 0 aliphatic carbocycles. The zero-order valence-corrected chi connectivity index (χ0v) is 43.3. The number of carbonyl (C=O) groups excluding carboxylic acids is 1. The molecule has 0 aromatic rings.